The minimum atomic E-state index is -0.268. The number of amides is 1. The molecule has 0 aliphatic heterocycles. The number of aliphatic hydroxyl groups is 1. The van der Waals surface area contributed by atoms with Crippen LogP contribution in [-0.2, 0) is 4.79 Å². The number of rotatable bonds is 8. The van der Waals surface area contributed by atoms with Crippen molar-refractivity contribution in [2.75, 3.05) is 26.2 Å². The van der Waals surface area contributed by atoms with Gasteiger partial charge in [0.15, 0.2) is 0 Å². The highest BCUT2D eigenvalue weighted by molar-refractivity contribution is 5.76. The van der Waals surface area contributed by atoms with Crippen LogP contribution in [0.4, 0.5) is 0 Å². The lowest BCUT2D eigenvalue weighted by Crippen LogP contribution is -2.33. The number of carbonyl (C=O) groups is 1. The molecule has 1 unspecified atom stereocenters. The third-order valence-electron chi connectivity index (χ3n) is 2.37. The largest absolute Gasteiger partial charge is 0.393 e. The van der Waals surface area contributed by atoms with Gasteiger partial charge in [0, 0.05) is 26.1 Å². The van der Waals surface area contributed by atoms with Gasteiger partial charge in [-0.15, -0.1) is 0 Å². The molecule has 4 nitrogen and oxygen atoms in total. The van der Waals surface area contributed by atoms with Gasteiger partial charge in [-0.05, 0) is 33.7 Å². The van der Waals surface area contributed by atoms with Crippen LogP contribution in [0, 0.1) is 0 Å². The van der Waals surface area contributed by atoms with E-state index in [1.807, 2.05) is 18.7 Å². The first-order chi connectivity index (χ1) is 7.11. The summed E-state index contributed by atoms with van der Waals surface area (Å²) in [5.41, 5.74) is 0. The monoisotopic (exact) mass is 216 g/mol. The van der Waals surface area contributed by atoms with Crippen LogP contribution in [0.25, 0.3) is 0 Å². The summed E-state index contributed by atoms with van der Waals surface area (Å²) in [4.78, 5) is 13.4. The molecule has 4 heteroatoms. The third kappa shape index (κ3) is 7.33. The topological polar surface area (TPSA) is 52.6 Å². The first-order valence-electron chi connectivity index (χ1n) is 5.78. The Morgan fingerprint density at radius 2 is 1.93 bits per heavy atom. The SMILES string of the molecule is CCN(CC)C(=O)CCNCCC(C)O. The first-order valence-corrected chi connectivity index (χ1v) is 5.78. The smallest absolute Gasteiger partial charge is 0.223 e. The Morgan fingerprint density at radius 3 is 2.40 bits per heavy atom. The number of carbonyl (C=O) groups excluding carboxylic acids is 1. The van der Waals surface area contributed by atoms with E-state index in [9.17, 15) is 4.79 Å². The molecule has 0 heterocycles. The van der Waals surface area contributed by atoms with Gasteiger partial charge in [-0.25, -0.2) is 0 Å². The van der Waals surface area contributed by atoms with Crippen LogP contribution in [0.5, 0.6) is 0 Å². The molecule has 1 atom stereocenters. The molecule has 0 fully saturated rings. The molecule has 0 aliphatic carbocycles. The summed E-state index contributed by atoms with van der Waals surface area (Å²) in [6.45, 7) is 8.77. The van der Waals surface area contributed by atoms with Gasteiger partial charge < -0.3 is 15.3 Å². The molecule has 0 aromatic carbocycles. The van der Waals surface area contributed by atoms with Crippen molar-refractivity contribution in [1.29, 1.82) is 0 Å². The summed E-state index contributed by atoms with van der Waals surface area (Å²) in [7, 11) is 0. The molecule has 15 heavy (non-hydrogen) atoms. The molecule has 1 amide bonds. The number of hydrogen-bond acceptors (Lipinski definition) is 3. The van der Waals surface area contributed by atoms with Crippen molar-refractivity contribution in [3.05, 3.63) is 0 Å². The van der Waals surface area contributed by atoms with Crippen molar-refractivity contribution in [2.45, 2.75) is 39.7 Å². The lowest BCUT2D eigenvalue weighted by molar-refractivity contribution is -0.130. The highest BCUT2D eigenvalue weighted by Gasteiger charge is 2.07. The zero-order valence-corrected chi connectivity index (χ0v) is 10.1. The van der Waals surface area contributed by atoms with Gasteiger partial charge in [0.2, 0.25) is 5.91 Å². The summed E-state index contributed by atoms with van der Waals surface area (Å²) in [6, 6.07) is 0. The fourth-order valence-corrected chi connectivity index (χ4v) is 1.37. The normalized spacial score (nSPS) is 12.5. The van der Waals surface area contributed by atoms with Gasteiger partial charge in [-0.3, -0.25) is 4.79 Å². The van der Waals surface area contributed by atoms with E-state index < -0.39 is 0 Å². The summed E-state index contributed by atoms with van der Waals surface area (Å²) >= 11 is 0. The second-order valence-electron chi connectivity index (χ2n) is 3.70. The zero-order valence-electron chi connectivity index (χ0n) is 10.1. The Morgan fingerprint density at radius 1 is 1.33 bits per heavy atom. The van der Waals surface area contributed by atoms with E-state index in [0.29, 0.717) is 13.0 Å². The molecule has 2 N–H and O–H groups in total. The molecule has 0 aromatic heterocycles. The van der Waals surface area contributed by atoms with Crippen molar-refractivity contribution in [1.82, 2.24) is 10.2 Å². The Labute approximate surface area is 92.7 Å². The van der Waals surface area contributed by atoms with Crippen LogP contribution in [0.2, 0.25) is 0 Å². The van der Waals surface area contributed by atoms with Crippen molar-refractivity contribution in [3.63, 3.8) is 0 Å². The Balaban J connectivity index is 3.46. The Hall–Kier alpha value is -0.610. The number of nitrogens with one attached hydrogen (secondary N) is 1. The van der Waals surface area contributed by atoms with Gasteiger partial charge >= 0.3 is 0 Å². The van der Waals surface area contributed by atoms with Crippen LogP contribution in [0.3, 0.4) is 0 Å². The first kappa shape index (κ1) is 14.4. The van der Waals surface area contributed by atoms with Crippen LogP contribution < -0.4 is 5.32 Å². The maximum absolute atomic E-state index is 11.5. The fraction of sp³-hybridized carbons (Fsp3) is 0.909. The van der Waals surface area contributed by atoms with E-state index in [0.717, 1.165) is 26.1 Å². The lowest BCUT2D eigenvalue weighted by atomic mass is 10.3. The molecular formula is C11H24N2O2. The van der Waals surface area contributed by atoms with Gasteiger partial charge in [0.05, 0.1) is 6.10 Å². The molecular weight excluding hydrogens is 192 g/mol. The van der Waals surface area contributed by atoms with Crippen molar-refractivity contribution in [3.8, 4) is 0 Å². The highest BCUT2D eigenvalue weighted by Crippen LogP contribution is 1.93. The van der Waals surface area contributed by atoms with Gasteiger partial charge in [0.1, 0.15) is 0 Å². The van der Waals surface area contributed by atoms with Gasteiger partial charge in [-0.1, -0.05) is 0 Å². The molecule has 0 saturated heterocycles. The Bertz CT molecular complexity index is 168. The number of hydrogen-bond donors (Lipinski definition) is 2. The predicted octanol–water partition coefficient (Wildman–Crippen LogP) is 0.605. The van der Waals surface area contributed by atoms with Crippen LogP contribution in [0.15, 0.2) is 0 Å². The van der Waals surface area contributed by atoms with E-state index in [2.05, 4.69) is 5.32 Å². The van der Waals surface area contributed by atoms with E-state index in [-0.39, 0.29) is 12.0 Å². The fourth-order valence-electron chi connectivity index (χ4n) is 1.37. The van der Waals surface area contributed by atoms with Crippen molar-refractivity contribution >= 4 is 5.91 Å². The van der Waals surface area contributed by atoms with Crippen LogP contribution >= 0.6 is 0 Å². The molecule has 0 radical (unpaired) electrons. The number of aliphatic hydroxyl groups excluding tert-OH is 1. The summed E-state index contributed by atoms with van der Waals surface area (Å²) in [6.07, 6.45) is 1.01. The zero-order chi connectivity index (χ0) is 11.7. The van der Waals surface area contributed by atoms with Gasteiger partial charge in [-0.2, -0.15) is 0 Å². The minimum absolute atomic E-state index is 0.199. The highest BCUT2D eigenvalue weighted by atomic mass is 16.3. The van der Waals surface area contributed by atoms with Gasteiger partial charge in [0.25, 0.3) is 0 Å². The summed E-state index contributed by atoms with van der Waals surface area (Å²) < 4.78 is 0. The second-order valence-corrected chi connectivity index (χ2v) is 3.70. The molecule has 0 spiro atoms. The standard InChI is InChI=1S/C11H24N2O2/c1-4-13(5-2)11(15)7-9-12-8-6-10(3)14/h10,12,14H,4-9H2,1-3H3. The van der Waals surface area contributed by atoms with Crippen LogP contribution in [-0.4, -0.2) is 48.2 Å². The molecule has 0 saturated carbocycles. The molecule has 0 rings (SSSR count). The van der Waals surface area contributed by atoms with E-state index in [1.54, 1.807) is 6.92 Å². The van der Waals surface area contributed by atoms with E-state index in [1.165, 1.54) is 0 Å². The second kappa shape index (κ2) is 8.68. The average molecular weight is 216 g/mol. The third-order valence-corrected chi connectivity index (χ3v) is 2.37. The quantitative estimate of drug-likeness (QED) is 0.584. The molecule has 0 aromatic rings. The lowest BCUT2D eigenvalue weighted by Gasteiger charge is -2.18. The summed E-state index contributed by atoms with van der Waals surface area (Å²) in [5, 5.41) is 12.2. The van der Waals surface area contributed by atoms with Crippen LogP contribution in [0.1, 0.15) is 33.6 Å². The average Bonchev–Trinajstić information content (AvgIpc) is 2.18. The maximum Gasteiger partial charge on any atom is 0.223 e. The van der Waals surface area contributed by atoms with E-state index >= 15 is 0 Å². The molecule has 0 aliphatic rings. The minimum Gasteiger partial charge on any atom is -0.393 e. The number of nitrogens with zero attached hydrogens (tertiary/aromatic N) is 1. The van der Waals surface area contributed by atoms with E-state index in [4.69, 9.17) is 5.11 Å². The maximum atomic E-state index is 11.5. The van der Waals surface area contributed by atoms with Crippen molar-refractivity contribution < 1.29 is 9.90 Å². The summed E-state index contributed by atoms with van der Waals surface area (Å²) in [5.74, 6) is 0.199. The predicted molar refractivity (Wildman–Crippen MR) is 61.7 cm³/mol. The van der Waals surface area contributed by atoms with Crippen molar-refractivity contribution in [2.24, 2.45) is 0 Å². The molecule has 0 bridgehead atoms. The Kier molecular flexibility index (Phi) is 8.33. The molecule has 90 valence electrons.